The van der Waals surface area contributed by atoms with Crippen LogP contribution in [0.4, 0.5) is 0 Å². The largest absolute Gasteiger partial charge is 0.388 e. The molecule has 0 fully saturated rings. The van der Waals surface area contributed by atoms with Crippen LogP contribution in [0.2, 0.25) is 0 Å². The number of aromatic nitrogens is 2. The molecule has 0 bridgehead atoms. The molecule has 4 rings (SSSR count). The zero-order valence-electron chi connectivity index (χ0n) is 32.2. The second-order valence-corrected chi connectivity index (χ2v) is 14.2. The van der Waals surface area contributed by atoms with Gasteiger partial charge in [0.1, 0.15) is 24.3 Å². The van der Waals surface area contributed by atoms with Gasteiger partial charge >= 0.3 is 0 Å². The average molecular weight is 761 g/mol. The Kier molecular flexibility index (Phi) is 16.6. The molecule has 0 aliphatic heterocycles. The van der Waals surface area contributed by atoms with Crippen molar-refractivity contribution in [3.8, 4) is 0 Å². The zero-order chi connectivity index (χ0) is 40.5. The van der Waals surface area contributed by atoms with E-state index in [0.29, 0.717) is 11.4 Å². The number of hydrogen-bond acceptors (Lipinski definition) is 8. The topological polar surface area (TPSA) is 183 Å². The molecule has 2 aromatic carbocycles. The van der Waals surface area contributed by atoms with E-state index < -0.39 is 60.0 Å². The van der Waals surface area contributed by atoms with Gasteiger partial charge in [0.2, 0.25) is 23.6 Å². The number of nitrogens with one attached hydrogen (secondary N) is 4. The van der Waals surface area contributed by atoms with Crippen molar-refractivity contribution in [3.05, 3.63) is 144 Å². The van der Waals surface area contributed by atoms with Crippen LogP contribution >= 0.6 is 0 Å². The summed E-state index contributed by atoms with van der Waals surface area (Å²) >= 11 is 0. The summed E-state index contributed by atoms with van der Waals surface area (Å²) in [5.74, 6) is -2.81. The summed E-state index contributed by atoms with van der Waals surface area (Å²) in [5, 5.41) is 35.1. The Morgan fingerprint density at radius 2 is 0.893 bits per heavy atom. The minimum Gasteiger partial charge on any atom is -0.388 e. The van der Waals surface area contributed by atoms with Crippen LogP contribution in [0.3, 0.4) is 0 Å². The molecule has 0 aliphatic carbocycles. The average Bonchev–Trinajstić information content (AvgIpc) is 3.20. The smallest absolute Gasteiger partial charge is 0.244 e. The predicted molar refractivity (Wildman–Crippen MR) is 216 cm³/mol. The van der Waals surface area contributed by atoms with Crippen molar-refractivity contribution in [1.82, 2.24) is 31.2 Å². The maximum absolute atomic E-state index is 13.9. The highest BCUT2D eigenvalue weighted by molar-refractivity contribution is 5.96. The number of nitrogens with zero attached hydrogens (tertiary/aromatic N) is 2. The van der Waals surface area contributed by atoms with E-state index in [1.165, 1.54) is 24.3 Å². The highest BCUT2D eigenvalue weighted by Gasteiger charge is 2.37. The van der Waals surface area contributed by atoms with Crippen LogP contribution in [-0.4, -0.2) is 80.2 Å². The second-order valence-electron chi connectivity index (χ2n) is 14.2. The highest BCUT2D eigenvalue weighted by atomic mass is 16.3. The Morgan fingerprint density at radius 3 is 1.21 bits per heavy atom. The summed E-state index contributed by atoms with van der Waals surface area (Å²) in [6.07, 6.45) is 5.96. The van der Waals surface area contributed by atoms with Crippen LogP contribution in [0.5, 0.6) is 0 Å². The molecule has 4 aromatic rings. The number of rotatable bonds is 19. The minimum atomic E-state index is -1.59. The third-order valence-electron chi connectivity index (χ3n) is 9.11. The Bertz CT molecular complexity index is 1750. The van der Waals surface area contributed by atoms with Gasteiger partial charge < -0.3 is 31.5 Å². The van der Waals surface area contributed by atoms with Crippen molar-refractivity contribution in [2.45, 2.75) is 76.9 Å². The Labute approximate surface area is 328 Å². The molecule has 0 unspecified atom stereocenters. The first-order valence-corrected chi connectivity index (χ1v) is 18.7. The first kappa shape index (κ1) is 42.8. The van der Waals surface area contributed by atoms with Gasteiger partial charge in [0.25, 0.3) is 0 Å². The molecule has 12 nitrogen and oxygen atoms in total. The van der Waals surface area contributed by atoms with Crippen LogP contribution < -0.4 is 21.3 Å². The van der Waals surface area contributed by atoms with Crippen LogP contribution in [0.25, 0.3) is 12.2 Å². The SMILES string of the molecule is CC(C)[C@H](NC(=O)/C=C/c1ccccn1)C(=O)N[C@@H](Cc1ccccc1)[C@@H](O)[C@H](O)[C@H](Cc1ccccc1)NC(=O)[C@@H](NC(=O)/C=C/c1ccccn1)C(C)C. The number of benzene rings is 2. The fourth-order valence-electron chi connectivity index (χ4n) is 6.02. The Hall–Kier alpha value is -5.98. The van der Waals surface area contributed by atoms with Crippen molar-refractivity contribution in [2.24, 2.45) is 11.8 Å². The lowest BCUT2D eigenvalue weighted by molar-refractivity contribution is -0.131. The molecule has 0 spiro atoms. The van der Waals surface area contributed by atoms with E-state index in [1.807, 2.05) is 60.7 Å². The molecule has 0 aliphatic rings. The molecule has 2 aromatic heterocycles. The summed E-state index contributed by atoms with van der Waals surface area (Å²) in [5.41, 5.74) is 2.70. The van der Waals surface area contributed by atoms with E-state index in [-0.39, 0.29) is 24.7 Å². The van der Waals surface area contributed by atoms with E-state index in [2.05, 4.69) is 31.2 Å². The lowest BCUT2D eigenvalue weighted by Gasteiger charge is -2.35. The van der Waals surface area contributed by atoms with Crippen LogP contribution in [-0.2, 0) is 32.0 Å². The van der Waals surface area contributed by atoms with E-state index >= 15 is 0 Å². The van der Waals surface area contributed by atoms with Crippen molar-refractivity contribution in [1.29, 1.82) is 0 Å². The molecular formula is C44H52N6O6. The summed E-state index contributed by atoms with van der Waals surface area (Å²) in [4.78, 5) is 62.0. The van der Waals surface area contributed by atoms with Gasteiger partial charge in [0.15, 0.2) is 0 Å². The molecule has 6 atom stereocenters. The standard InChI is InChI=1S/C44H52N6O6/c1-29(2)39(49-37(51)23-21-33-19-11-13-25-45-33)43(55)47-35(27-31-15-7-5-8-16-31)41(53)42(54)36(28-32-17-9-6-10-18-32)48-44(56)40(30(3)4)50-38(52)24-22-34-20-12-14-26-46-34/h5-26,29-30,35-36,39-42,53-54H,27-28H2,1-4H3,(H,47,55)(H,48,56)(H,49,51)(H,50,52)/b23-21+,24-22+/t35-,36-,39-,40-,41+,42+/m0/s1. The lowest BCUT2D eigenvalue weighted by Crippen LogP contribution is -2.61. The maximum atomic E-state index is 13.9. The lowest BCUT2D eigenvalue weighted by atomic mass is 9.90. The molecule has 6 N–H and O–H groups in total. The molecular weight excluding hydrogens is 709 g/mol. The van der Waals surface area contributed by atoms with Gasteiger partial charge in [-0.3, -0.25) is 29.1 Å². The number of aliphatic hydroxyl groups is 2. The van der Waals surface area contributed by atoms with Gasteiger partial charge in [-0.1, -0.05) is 100 Å². The zero-order valence-corrected chi connectivity index (χ0v) is 32.2. The first-order chi connectivity index (χ1) is 26.9. The van der Waals surface area contributed by atoms with Crippen LogP contribution in [0, 0.1) is 11.8 Å². The number of amides is 4. The van der Waals surface area contributed by atoms with Gasteiger partial charge in [-0.2, -0.15) is 0 Å². The van der Waals surface area contributed by atoms with Gasteiger partial charge in [0.05, 0.1) is 23.5 Å². The molecule has 4 amide bonds. The summed E-state index contributed by atoms with van der Waals surface area (Å²) in [6, 6.07) is 24.9. The molecule has 56 heavy (non-hydrogen) atoms. The third-order valence-corrected chi connectivity index (χ3v) is 9.11. The third kappa shape index (κ3) is 13.7. The fraction of sp³-hybridized carbons (Fsp3) is 0.318. The van der Waals surface area contributed by atoms with E-state index in [4.69, 9.17) is 0 Å². The van der Waals surface area contributed by atoms with Gasteiger partial charge in [0, 0.05) is 24.5 Å². The number of hydrogen-bond donors (Lipinski definition) is 6. The first-order valence-electron chi connectivity index (χ1n) is 18.7. The van der Waals surface area contributed by atoms with Gasteiger partial charge in [-0.15, -0.1) is 0 Å². The van der Waals surface area contributed by atoms with Gasteiger partial charge in [-0.25, -0.2) is 0 Å². The minimum absolute atomic E-state index is 0.127. The molecule has 294 valence electrons. The van der Waals surface area contributed by atoms with Crippen molar-refractivity contribution >= 4 is 35.8 Å². The summed E-state index contributed by atoms with van der Waals surface area (Å²) in [7, 11) is 0. The molecule has 12 heteroatoms. The number of pyridine rings is 2. The summed E-state index contributed by atoms with van der Waals surface area (Å²) in [6.45, 7) is 7.14. The fourth-order valence-corrected chi connectivity index (χ4v) is 6.02. The van der Waals surface area contributed by atoms with Crippen molar-refractivity contribution in [2.75, 3.05) is 0 Å². The second kappa shape index (κ2) is 21.8. The van der Waals surface area contributed by atoms with Crippen molar-refractivity contribution < 1.29 is 29.4 Å². The van der Waals surface area contributed by atoms with Crippen LogP contribution in [0.15, 0.2) is 122 Å². The monoisotopic (exact) mass is 760 g/mol. The van der Waals surface area contributed by atoms with E-state index in [1.54, 1.807) is 76.5 Å². The Morgan fingerprint density at radius 1 is 0.536 bits per heavy atom. The molecule has 0 saturated heterocycles. The number of aliphatic hydroxyl groups excluding tert-OH is 2. The quantitative estimate of drug-likeness (QED) is 0.0784. The molecule has 0 radical (unpaired) electrons. The van der Waals surface area contributed by atoms with Gasteiger partial charge in [-0.05, 0) is 72.2 Å². The highest BCUT2D eigenvalue weighted by Crippen LogP contribution is 2.17. The maximum Gasteiger partial charge on any atom is 0.244 e. The predicted octanol–water partition coefficient (Wildman–Crippen LogP) is 3.66. The van der Waals surface area contributed by atoms with Crippen LogP contribution in [0.1, 0.15) is 50.2 Å². The van der Waals surface area contributed by atoms with E-state index in [0.717, 1.165) is 11.1 Å². The number of carbonyl (C=O) groups excluding carboxylic acids is 4. The summed E-state index contributed by atoms with van der Waals surface area (Å²) < 4.78 is 0. The number of carbonyl (C=O) groups is 4. The van der Waals surface area contributed by atoms with E-state index in [9.17, 15) is 29.4 Å². The molecule has 2 heterocycles. The normalized spacial score (nSPS) is 14.8. The Balaban J connectivity index is 1.56. The van der Waals surface area contributed by atoms with Crippen molar-refractivity contribution in [3.63, 3.8) is 0 Å². The molecule has 0 saturated carbocycles.